The van der Waals surface area contributed by atoms with Crippen LogP contribution in [0.1, 0.15) is 32.8 Å². The zero-order chi connectivity index (χ0) is 13.3. The lowest BCUT2D eigenvalue weighted by Gasteiger charge is -2.30. The molecule has 2 rings (SSSR count). The van der Waals surface area contributed by atoms with E-state index in [-0.39, 0.29) is 5.91 Å². The molecule has 1 heterocycles. The molecule has 1 aromatic carbocycles. The van der Waals surface area contributed by atoms with Crippen LogP contribution in [-0.2, 0) is 4.79 Å². The van der Waals surface area contributed by atoms with Gasteiger partial charge >= 0.3 is 0 Å². The van der Waals surface area contributed by atoms with Crippen LogP contribution < -0.4 is 10.2 Å². The van der Waals surface area contributed by atoms with E-state index in [4.69, 9.17) is 0 Å². The first-order valence-corrected chi connectivity index (χ1v) is 6.56. The van der Waals surface area contributed by atoms with Crippen LogP contribution in [0, 0.1) is 6.92 Å². The molecule has 1 aliphatic rings. The average molecular weight is 246 g/mol. The molecule has 0 aromatic heterocycles. The Hall–Kier alpha value is -1.35. The van der Waals surface area contributed by atoms with E-state index in [0.717, 1.165) is 18.7 Å². The molecule has 0 bridgehead atoms. The van der Waals surface area contributed by atoms with E-state index in [0.29, 0.717) is 6.04 Å². The monoisotopic (exact) mass is 246 g/mol. The summed E-state index contributed by atoms with van der Waals surface area (Å²) in [6.45, 7) is 8.88. The van der Waals surface area contributed by atoms with Crippen LogP contribution in [0.25, 0.3) is 0 Å². The van der Waals surface area contributed by atoms with Crippen LogP contribution in [0.3, 0.4) is 0 Å². The number of benzene rings is 1. The maximum absolute atomic E-state index is 12.6. The van der Waals surface area contributed by atoms with Gasteiger partial charge < -0.3 is 10.2 Å². The molecule has 98 valence electrons. The van der Waals surface area contributed by atoms with Crippen molar-refractivity contribution in [2.75, 3.05) is 11.4 Å². The lowest BCUT2D eigenvalue weighted by atomic mass is 10.0. The van der Waals surface area contributed by atoms with Crippen LogP contribution in [0.4, 0.5) is 5.69 Å². The van der Waals surface area contributed by atoms with Crippen molar-refractivity contribution in [3.8, 4) is 0 Å². The second-order valence-electron chi connectivity index (χ2n) is 5.75. The molecule has 0 spiro atoms. The molecular weight excluding hydrogens is 224 g/mol. The minimum Gasteiger partial charge on any atom is -0.311 e. The minimum atomic E-state index is -0.500. The predicted octanol–water partition coefficient (Wildman–Crippen LogP) is 2.49. The molecule has 0 aliphatic carbocycles. The van der Waals surface area contributed by atoms with Gasteiger partial charge in [0, 0.05) is 18.3 Å². The zero-order valence-corrected chi connectivity index (χ0v) is 11.7. The second kappa shape index (κ2) is 4.73. The summed E-state index contributed by atoms with van der Waals surface area (Å²) >= 11 is 0. The molecule has 1 N–H and O–H groups in total. The van der Waals surface area contributed by atoms with Crippen molar-refractivity contribution in [3.05, 3.63) is 29.8 Å². The molecule has 18 heavy (non-hydrogen) atoms. The van der Waals surface area contributed by atoms with Crippen molar-refractivity contribution in [2.24, 2.45) is 0 Å². The molecule has 3 heteroatoms. The SMILES string of the molecule is Cc1cccc(N2CCC(C)NC(C)(C)C2=O)c1. The topological polar surface area (TPSA) is 32.3 Å². The highest BCUT2D eigenvalue weighted by atomic mass is 16.2. The van der Waals surface area contributed by atoms with Crippen molar-refractivity contribution < 1.29 is 4.79 Å². The number of carbonyl (C=O) groups excluding carboxylic acids is 1. The maximum Gasteiger partial charge on any atom is 0.246 e. The van der Waals surface area contributed by atoms with Gasteiger partial charge in [0.2, 0.25) is 5.91 Å². The molecule has 1 aliphatic heterocycles. The summed E-state index contributed by atoms with van der Waals surface area (Å²) in [5, 5.41) is 3.39. The Morgan fingerprint density at radius 1 is 1.39 bits per heavy atom. The van der Waals surface area contributed by atoms with Gasteiger partial charge in [0.25, 0.3) is 0 Å². The molecule has 1 saturated heterocycles. The van der Waals surface area contributed by atoms with Crippen LogP contribution in [0.2, 0.25) is 0 Å². The number of carbonyl (C=O) groups is 1. The van der Waals surface area contributed by atoms with Gasteiger partial charge in [0.1, 0.15) is 0 Å². The molecule has 1 fully saturated rings. The summed E-state index contributed by atoms with van der Waals surface area (Å²) in [5.74, 6) is 0.150. The fourth-order valence-electron chi connectivity index (χ4n) is 2.55. The van der Waals surface area contributed by atoms with Crippen molar-refractivity contribution in [1.29, 1.82) is 0 Å². The smallest absolute Gasteiger partial charge is 0.246 e. The highest BCUT2D eigenvalue weighted by Crippen LogP contribution is 2.23. The molecule has 0 radical (unpaired) electrons. The summed E-state index contributed by atoms with van der Waals surface area (Å²) in [4.78, 5) is 14.5. The number of anilines is 1. The molecule has 1 unspecified atom stereocenters. The first-order valence-electron chi connectivity index (χ1n) is 6.56. The predicted molar refractivity (Wildman–Crippen MR) is 74.8 cm³/mol. The normalized spacial score (nSPS) is 23.9. The van der Waals surface area contributed by atoms with Crippen LogP contribution >= 0.6 is 0 Å². The second-order valence-corrected chi connectivity index (χ2v) is 5.75. The van der Waals surface area contributed by atoms with Crippen LogP contribution in [-0.4, -0.2) is 24.0 Å². The Balaban J connectivity index is 2.34. The van der Waals surface area contributed by atoms with Crippen molar-refractivity contribution >= 4 is 11.6 Å². The molecule has 0 saturated carbocycles. The van der Waals surface area contributed by atoms with Crippen molar-refractivity contribution in [1.82, 2.24) is 5.32 Å². The third-order valence-corrected chi connectivity index (χ3v) is 3.49. The summed E-state index contributed by atoms with van der Waals surface area (Å²) in [6.07, 6.45) is 0.975. The standard InChI is InChI=1S/C15H22N2O/c1-11-6-5-7-13(10-11)17-9-8-12(2)16-15(3,4)14(17)18/h5-7,10,12,16H,8-9H2,1-4H3. The molecule has 1 amide bonds. The van der Waals surface area contributed by atoms with Gasteiger partial charge in [-0.05, 0) is 51.8 Å². The van der Waals surface area contributed by atoms with Gasteiger partial charge in [0.05, 0.1) is 5.54 Å². The number of hydrogen-bond donors (Lipinski definition) is 1. The number of hydrogen-bond acceptors (Lipinski definition) is 2. The zero-order valence-electron chi connectivity index (χ0n) is 11.7. The number of aryl methyl sites for hydroxylation is 1. The molecule has 1 aromatic rings. The maximum atomic E-state index is 12.6. The lowest BCUT2D eigenvalue weighted by Crippen LogP contribution is -2.53. The molecule has 3 nitrogen and oxygen atoms in total. The summed E-state index contributed by atoms with van der Waals surface area (Å²) < 4.78 is 0. The van der Waals surface area contributed by atoms with E-state index in [1.165, 1.54) is 5.56 Å². The van der Waals surface area contributed by atoms with E-state index >= 15 is 0 Å². The van der Waals surface area contributed by atoms with Gasteiger partial charge in [-0.2, -0.15) is 0 Å². The number of rotatable bonds is 1. The highest BCUT2D eigenvalue weighted by Gasteiger charge is 2.36. The van der Waals surface area contributed by atoms with Gasteiger partial charge in [-0.3, -0.25) is 4.79 Å². The summed E-state index contributed by atoms with van der Waals surface area (Å²) in [6, 6.07) is 8.50. The van der Waals surface area contributed by atoms with E-state index in [2.05, 4.69) is 31.3 Å². The highest BCUT2D eigenvalue weighted by molar-refractivity contribution is 6.00. The lowest BCUT2D eigenvalue weighted by molar-refractivity contribution is -0.123. The largest absolute Gasteiger partial charge is 0.311 e. The minimum absolute atomic E-state index is 0.150. The Labute approximate surface area is 109 Å². The quantitative estimate of drug-likeness (QED) is 0.825. The fraction of sp³-hybridized carbons (Fsp3) is 0.533. The molecule has 1 atom stereocenters. The van der Waals surface area contributed by atoms with E-state index in [1.54, 1.807) is 0 Å². The first-order chi connectivity index (χ1) is 8.40. The van der Waals surface area contributed by atoms with Gasteiger partial charge in [-0.25, -0.2) is 0 Å². The third kappa shape index (κ3) is 2.56. The summed E-state index contributed by atoms with van der Waals surface area (Å²) in [7, 11) is 0. The Bertz CT molecular complexity index is 454. The number of amides is 1. The Morgan fingerprint density at radius 3 is 2.78 bits per heavy atom. The first kappa shape index (κ1) is 13.1. The van der Waals surface area contributed by atoms with E-state index < -0.39 is 5.54 Å². The van der Waals surface area contributed by atoms with E-state index in [1.807, 2.05) is 30.9 Å². The van der Waals surface area contributed by atoms with Crippen LogP contribution in [0.15, 0.2) is 24.3 Å². The van der Waals surface area contributed by atoms with Gasteiger partial charge in [-0.15, -0.1) is 0 Å². The Kier molecular flexibility index (Phi) is 3.44. The van der Waals surface area contributed by atoms with Crippen molar-refractivity contribution in [3.63, 3.8) is 0 Å². The molecular formula is C15H22N2O. The number of nitrogens with one attached hydrogen (secondary N) is 1. The Morgan fingerprint density at radius 2 is 2.11 bits per heavy atom. The van der Waals surface area contributed by atoms with Crippen molar-refractivity contribution in [2.45, 2.75) is 45.7 Å². The van der Waals surface area contributed by atoms with Gasteiger partial charge in [0.15, 0.2) is 0 Å². The number of nitrogens with zero attached hydrogens (tertiary/aromatic N) is 1. The third-order valence-electron chi connectivity index (χ3n) is 3.49. The average Bonchev–Trinajstić information content (AvgIpc) is 2.37. The van der Waals surface area contributed by atoms with Crippen LogP contribution in [0.5, 0.6) is 0 Å². The van der Waals surface area contributed by atoms with Gasteiger partial charge in [-0.1, -0.05) is 12.1 Å². The summed E-state index contributed by atoms with van der Waals surface area (Å²) in [5.41, 5.74) is 1.69. The fourth-order valence-corrected chi connectivity index (χ4v) is 2.55. The van der Waals surface area contributed by atoms with E-state index in [9.17, 15) is 4.79 Å².